The number of piperidine rings is 1. The number of nitrogens with one attached hydrogen (secondary N) is 2. The first-order valence-electron chi connectivity index (χ1n) is 10.9. The molecule has 2 aromatic rings. The van der Waals surface area contributed by atoms with Crippen LogP contribution in [0.5, 0.6) is 0 Å². The van der Waals surface area contributed by atoms with Gasteiger partial charge in [-0.1, -0.05) is 18.2 Å². The van der Waals surface area contributed by atoms with Crippen LogP contribution in [0, 0.1) is 25.6 Å². The number of likely N-dealkylation sites (tertiary alicyclic amines) is 1. The smallest absolute Gasteiger partial charge is 0.340 e. The van der Waals surface area contributed by atoms with Gasteiger partial charge in [0.2, 0.25) is 5.91 Å². The van der Waals surface area contributed by atoms with E-state index in [1.807, 2.05) is 0 Å². The highest BCUT2D eigenvalue weighted by Gasteiger charge is 2.32. The number of benzene rings is 1. The molecule has 0 spiro atoms. The van der Waals surface area contributed by atoms with E-state index in [2.05, 4.69) is 10.3 Å². The highest BCUT2D eigenvalue weighted by Crippen LogP contribution is 2.24. The van der Waals surface area contributed by atoms with Crippen LogP contribution in [-0.4, -0.2) is 46.9 Å². The predicted octanol–water partition coefficient (Wildman–Crippen LogP) is 3.50. The van der Waals surface area contributed by atoms with Crippen molar-refractivity contribution in [3.63, 3.8) is 0 Å². The van der Waals surface area contributed by atoms with E-state index in [1.54, 1.807) is 50.8 Å². The lowest BCUT2D eigenvalue weighted by atomic mass is 9.96. The molecule has 7 nitrogen and oxygen atoms in total. The summed E-state index contributed by atoms with van der Waals surface area (Å²) in [6.45, 7) is 7.89. The van der Waals surface area contributed by atoms with E-state index in [0.717, 1.165) is 0 Å². The maximum absolute atomic E-state index is 13.8. The van der Waals surface area contributed by atoms with E-state index >= 15 is 0 Å². The molecule has 0 saturated carbocycles. The van der Waals surface area contributed by atoms with Crippen molar-refractivity contribution in [3.8, 4) is 0 Å². The van der Waals surface area contributed by atoms with E-state index in [-0.39, 0.29) is 42.7 Å². The number of nitrogens with zero attached hydrogens (tertiary/aromatic N) is 1. The summed E-state index contributed by atoms with van der Waals surface area (Å²) in [5.74, 6) is -1.65. The van der Waals surface area contributed by atoms with Gasteiger partial charge in [-0.05, 0) is 52.2 Å². The third-order valence-electron chi connectivity index (χ3n) is 5.69. The molecule has 1 aromatic heterocycles. The number of halogens is 1. The van der Waals surface area contributed by atoms with Crippen LogP contribution in [0.3, 0.4) is 0 Å². The van der Waals surface area contributed by atoms with Gasteiger partial charge in [0.1, 0.15) is 11.5 Å². The molecule has 0 aliphatic carbocycles. The van der Waals surface area contributed by atoms with Crippen molar-refractivity contribution < 1.29 is 23.5 Å². The predicted molar refractivity (Wildman–Crippen MR) is 118 cm³/mol. The first kappa shape index (κ1) is 23.5. The number of aryl methyl sites for hydroxylation is 1. The minimum absolute atomic E-state index is 0.103. The van der Waals surface area contributed by atoms with Crippen molar-refractivity contribution >= 4 is 17.8 Å². The van der Waals surface area contributed by atoms with Crippen LogP contribution < -0.4 is 5.32 Å². The zero-order valence-corrected chi connectivity index (χ0v) is 19.0. The minimum atomic E-state index is -0.464. The van der Waals surface area contributed by atoms with E-state index < -0.39 is 5.97 Å². The molecule has 0 bridgehead atoms. The van der Waals surface area contributed by atoms with Crippen molar-refractivity contribution in [2.24, 2.45) is 5.92 Å². The summed E-state index contributed by atoms with van der Waals surface area (Å²) in [5, 5.41) is 2.78. The number of aromatic amines is 1. The molecule has 0 radical (unpaired) electrons. The maximum Gasteiger partial charge on any atom is 0.340 e. The standard InChI is InChI=1S/C24H30FN3O4/c1-14(2)32-24(31)20-15(3)21(27-16(20)4)23(30)28-11-7-9-18(13-28)22(29)26-12-17-8-5-6-10-19(17)25/h5-6,8,10,14,18,27H,7,9,11-13H2,1-4H3,(H,26,29)/t18-/m1/s1. The molecule has 8 heteroatoms. The van der Waals surface area contributed by atoms with Crippen molar-refractivity contribution in [3.05, 3.63) is 58.2 Å². The lowest BCUT2D eigenvalue weighted by molar-refractivity contribution is -0.126. The number of hydrogen-bond acceptors (Lipinski definition) is 4. The first-order chi connectivity index (χ1) is 15.2. The van der Waals surface area contributed by atoms with Gasteiger partial charge in [0.05, 0.1) is 17.6 Å². The SMILES string of the molecule is Cc1[nH]c(C(=O)N2CCC[C@@H](C(=O)NCc3ccccc3F)C2)c(C)c1C(=O)OC(C)C. The average molecular weight is 444 g/mol. The molecule has 1 fully saturated rings. The number of rotatable bonds is 6. The molecule has 0 unspecified atom stereocenters. The number of ether oxygens (including phenoxy) is 1. The van der Waals surface area contributed by atoms with Crippen molar-refractivity contribution in [1.29, 1.82) is 0 Å². The topological polar surface area (TPSA) is 91.5 Å². The van der Waals surface area contributed by atoms with Gasteiger partial charge in [0.25, 0.3) is 5.91 Å². The number of aromatic nitrogens is 1. The summed E-state index contributed by atoms with van der Waals surface area (Å²) < 4.78 is 19.1. The Labute approximate surface area is 187 Å². The third-order valence-corrected chi connectivity index (χ3v) is 5.69. The Balaban J connectivity index is 1.67. The summed E-state index contributed by atoms with van der Waals surface area (Å²) in [6.07, 6.45) is 1.08. The van der Waals surface area contributed by atoms with Crippen LogP contribution in [0.4, 0.5) is 4.39 Å². The van der Waals surface area contributed by atoms with Gasteiger partial charge in [-0.25, -0.2) is 9.18 Å². The molecule has 1 aromatic carbocycles. The Morgan fingerprint density at radius 3 is 2.66 bits per heavy atom. The fraction of sp³-hybridized carbons (Fsp3) is 0.458. The summed E-state index contributed by atoms with van der Waals surface area (Å²) in [7, 11) is 0. The van der Waals surface area contributed by atoms with E-state index in [0.29, 0.717) is 47.5 Å². The molecule has 1 aliphatic rings. The molecule has 2 N–H and O–H groups in total. The lowest BCUT2D eigenvalue weighted by Gasteiger charge is -2.32. The number of amides is 2. The molecular weight excluding hydrogens is 413 g/mol. The Hall–Kier alpha value is -3.16. The second-order valence-electron chi connectivity index (χ2n) is 8.48. The normalized spacial score (nSPS) is 16.2. The fourth-order valence-electron chi connectivity index (χ4n) is 4.05. The Morgan fingerprint density at radius 2 is 1.97 bits per heavy atom. The first-order valence-corrected chi connectivity index (χ1v) is 10.9. The van der Waals surface area contributed by atoms with Gasteiger partial charge in [-0.2, -0.15) is 0 Å². The molecule has 172 valence electrons. The van der Waals surface area contributed by atoms with Crippen molar-refractivity contribution in [2.75, 3.05) is 13.1 Å². The van der Waals surface area contributed by atoms with E-state index in [9.17, 15) is 18.8 Å². The average Bonchev–Trinajstić information content (AvgIpc) is 3.06. The van der Waals surface area contributed by atoms with Crippen molar-refractivity contribution in [1.82, 2.24) is 15.2 Å². The van der Waals surface area contributed by atoms with Crippen LogP contribution in [0.1, 0.15) is 64.4 Å². The number of carbonyl (C=O) groups excluding carboxylic acids is 3. The van der Waals surface area contributed by atoms with Crippen molar-refractivity contribution in [2.45, 2.75) is 53.2 Å². The van der Waals surface area contributed by atoms with Crippen LogP contribution in [0.15, 0.2) is 24.3 Å². The molecule has 3 rings (SSSR count). The van der Waals surface area contributed by atoms with Gasteiger partial charge in [0.15, 0.2) is 0 Å². The van der Waals surface area contributed by atoms with Gasteiger partial charge in [-0.15, -0.1) is 0 Å². The zero-order chi connectivity index (χ0) is 23.4. The quantitative estimate of drug-likeness (QED) is 0.669. The third kappa shape index (κ3) is 5.18. The van der Waals surface area contributed by atoms with Gasteiger partial charge < -0.3 is 19.9 Å². The summed E-state index contributed by atoms with van der Waals surface area (Å²) in [6, 6.07) is 6.31. The van der Waals surface area contributed by atoms with E-state index in [1.165, 1.54) is 6.07 Å². The number of carbonyl (C=O) groups is 3. The monoisotopic (exact) mass is 443 g/mol. The molecular formula is C24H30FN3O4. The summed E-state index contributed by atoms with van der Waals surface area (Å²) in [4.78, 5) is 42.9. The fourth-order valence-corrected chi connectivity index (χ4v) is 4.05. The molecule has 2 amide bonds. The van der Waals surface area contributed by atoms with Gasteiger partial charge in [0, 0.05) is 30.9 Å². The number of H-pyrrole nitrogens is 1. The van der Waals surface area contributed by atoms with Crippen LogP contribution >= 0.6 is 0 Å². The Kier molecular flexibility index (Phi) is 7.33. The molecule has 1 aliphatic heterocycles. The summed E-state index contributed by atoms with van der Waals surface area (Å²) >= 11 is 0. The maximum atomic E-state index is 13.8. The second kappa shape index (κ2) is 9.97. The number of hydrogen-bond donors (Lipinski definition) is 2. The highest BCUT2D eigenvalue weighted by atomic mass is 19.1. The zero-order valence-electron chi connectivity index (χ0n) is 19.0. The van der Waals surface area contributed by atoms with E-state index in [4.69, 9.17) is 4.74 Å². The minimum Gasteiger partial charge on any atom is -0.459 e. The van der Waals surface area contributed by atoms with Crippen LogP contribution in [0.25, 0.3) is 0 Å². The van der Waals surface area contributed by atoms with Gasteiger partial charge >= 0.3 is 5.97 Å². The Bertz CT molecular complexity index is 1010. The Morgan fingerprint density at radius 1 is 1.25 bits per heavy atom. The van der Waals surface area contributed by atoms with Crippen LogP contribution in [0.2, 0.25) is 0 Å². The molecule has 1 atom stereocenters. The molecule has 2 heterocycles. The molecule has 32 heavy (non-hydrogen) atoms. The number of esters is 1. The molecule has 1 saturated heterocycles. The van der Waals surface area contributed by atoms with Gasteiger partial charge in [-0.3, -0.25) is 9.59 Å². The largest absolute Gasteiger partial charge is 0.459 e. The highest BCUT2D eigenvalue weighted by molar-refractivity contribution is 6.00. The summed E-state index contributed by atoms with van der Waals surface area (Å²) in [5.41, 5.74) is 2.25. The lowest BCUT2D eigenvalue weighted by Crippen LogP contribution is -2.45. The van der Waals surface area contributed by atoms with Crippen LogP contribution in [-0.2, 0) is 16.1 Å². The second-order valence-corrected chi connectivity index (χ2v) is 8.48.